The zero-order valence-corrected chi connectivity index (χ0v) is 10.3. The van der Waals surface area contributed by atoms with Crippen molar-refractivity contribution in [2.75, 3.05) is 6.79 Å². The Morgan fingerprint density at radius 2 is 0.696 bits per heavy atom. The van der Waals surface area contributed by atoms with E-state index in [1.54, 1.807) is 0 Å². The summed E-state index contributed by atoms with van der Waals surface area (Å²) in [5.74, 6) is -8.50. The molecule has 140 valence electrons. The minimum Gasteiger partial charge on any atom is -0.758 e. The average Bonchev–Trinajstić information content (AvgIpc) is 2.35. The van der Waals surface area contributed by atoms with Crippen LogP contribution in [0.2, 0.25) is 0 Å². The molecular weight excluding hydrogens is 344 g/mol. The molecule has 0 aromatic carbocycles. The summed E-state index contributed by atoms with van der Waals surface area (Å²) in [6.07, 6.45) is 0. The molecule has 20 heteroatoms. The van der Waals surface area contributed by atoms with Crippen molar-refractivity contribution in [3.8, 4) is 0 Å². The van der Waals surface area contributed by atoms with Gasteiger partial charge in [-0.3, -0.25) is 0 Å². The summed E-state index contributed by atoms with van der Waals surface area (Å²) in [7, 11) is 0. The lowest BCUT2D eigenvalue weighted by Crippen LogP contribution is -2.67. The van der Waals surface area contributed by atoms with Crippen molar-refractivity contribution in [2.45, 2.75) is 11.9 Å². The van der Waals surface area contributed by atoms with Crippen LogP contribution in [0.3, 0.4) is 0 Å². The van der Waals surface area contributed by atoms with E-state index < -0.39 is 50.1 Å². The van der Waals surface area contributed by atoms with E-state index in [-0.39, 0.29) is 0 Å². The highest BCUT2D eigenvalue weighted by atomic mass is 17.0. The van der Waals surface area contributed by atoms with Gasteiger partial charge < -0.3 is 72.0 Å². The standard InChI is InChI=1S/C3H8N6O14/c10-4(11)2(5(12)13,6(14)15)22-1-23-3(7(16)17,8(18)19)9(20)21/h10,12,14,16,18,20H,1H2/q-6. The van der Waals surface area contributed by atoms with Gasteiger partial charge in [-0.2, -0.15) is 0 Å². The molecule has 0 bridgehead atoms. The van der Waals surface area contributed by atoms with Gasteiger partial charge in [0.25, 0.3) is 11.9 Å². The Bertz CT molecular complexity index is 272. The van der Waals surface area contributed by atoms with Crippen molar-refractivity contribution in [2.24, 2.45) is 0 Å². The molecule has 20 nitrogen and oxygen atoms in total. The quantitative estimate of drug-likeness (QED) is 0.172. The molecule has 0 atom stereocenters. The Hall–Kier alpha value is -0.800. The smallest absolute Gasteiger partial charge is 0.277 e. The van der Waals surface area contributed by atoms with Crippen LogP contribution >= 0.6 is 0 Å². The predicted molar refractivity (Wildman–Crippen MR) is 54.5 cm³/mol. The molecule has 0 aromatic heterocycles. The van der Waals surface area contributed by atoms with Gasteiger partial charge in [-0.15, -0.1) is 0 Å². The summed E-state index contributed by atoms with van der Waals surface area (Å²) in [5, 5.41) is 104. The van der Waals surface area contributed by atoms with Crippen molar-refractivity contribution >= 4 is 0 Å². The summed E-state index contributed by atoms with van der Waals surface area (Å²) >= 11 is 0. The third-order valence-corrected chi connectivity index (χ3v) is 2.00. The van der Waals surface area contributed by atoms with Gasteiger partial charge in [-0.25, -0.2) is 31.4 Å². The summed E-state index contributed by atoms with van der Waals surface area (Å²) in [6.45, 7) is -2.03. The van der Waals surface area contributed by atoms with E-state index in [0.717, 1.165) is 0 Å². The van der Waals surface area contributed by atoms with Crippen LogP contribution in [-0.2, 0) is 9.47 Å². The molecule has 0 heterocycles. The first kappa shape index (κ1) is 22.2. The van der Waals surface area contributed by atoms with E-state index in [2.05, 4.69) is 9.47 Å². The molecule has 0 amide bonds. The fourth-order valence-corrected chi connectivity index (χ4v) is 0.958. The van der Waals surface area contributed by atoms with Crippen molar-refractivity contribution in [1.82, 2.24) is 31.4 Å². The second-order valence-corrected chi connectivity index (χ2v) is 3.19. The van der Waals surface area contributed by atoms with Crippen LogP contribution < -0.4 is 0 Å². The Morgan fingerprint density at radius 3 is 0.826 bits per heavy atom. The minimum absolute atomic E-state index is 1.78. The van der Waals surface area contributed by atoms with Crippen molar-refractivity contribution in [1.29, 1.82) is 0 Å². The third-order valence-electron chi connectivity index (χ3n) is 2.00. The van der Waals surface area contributed by atoms with E-state index in [9.17, 15) is 31.2 Å². The molecule has 0 spiro atoms. The molecule has 0 rings (SSSR count). The Kier molecular flexibility index (Phi) is 8.05. The first-order valence-corrected chi connectivity index (χ1v) is 4.62. The van der Waals surface area contributed by atoms with Gasteiger partial charge in [-0.05, 0) is 0 Å². The average molecular weight is 352 g/mol. The van der Waals surface area contributed by atoms with E-state index in [0.29, 0.717) is 0 Å². The Balaban J connectivity index is 5.33. The van der Waals surface area contributed by atoms with Gasteiger partial charge in [0.1, 0.15) is 0 Å². The van der Waals surface area contributed by atoms with Gasteiger partial charge in [0, 0.05) is 0 Å². The third kappa shape index (κ3) is 4.19. The highest BCUT2D eigenvalue weighted by molar-refractivity contribution is 4.73. The second kappa shape index (κ2) is 8.34. The molecule has 0 aromatic rings. The Labute approximate surface area is 123 Å². The molecule has 0 fully saturated rings. The number of hydrogen-bond acceptors (Lipinski definition) is 20. The van der Waals surface area contributed by atoms with E-state index in [4.69, 9.17) is 31.2 Å². The first-order chi connectivity index (χ1) is 10.4. The highest BCUT2D eigenvalue weighted by Crippen LogP contribution is 2.25. The molecular formula is C3H8N6O14-6. The zero-order valence-electron chi connectivity index (χ0n) is 10.3. The second-order valence-electron chi connectivity index (χ2n) is 3.19. The van der Waals surface area contributed by atoms with E-state index in [1.807, 2.05) is 0 Å². The van der Waals surface area contributed by atoms with Crippen molar-refractivity contribution < 1.29 is 40.7 Å². The van der Waals surface area contributed by atoms with Crippen LogP contribution in [0.1, 0.15) is 0 Å². The molecule has 0 unspecified atom stereocenters. The molecule has 0 saturated heterocycles. The highest BCUT2D eigenvalue weighted by Gasteiger charge is 2.41. The molecule has 0 aliphatic carbocycles. The molecule has 6 N–H and O–H groups in total. The number of hydrogen-bond donors (Lipinski definition) is 6. The molecule has 0 saturated carbocycles. The number of rotatable bonds is 10. The van der Waals surface area contributed by atoms with Crippen LogP contribution in [-0.4, -0.2) is 81.3 Å². The number of nitrogens with zero attached hydrogens (tertiary/aromatic N) is 6. The van der Waals surface area contributed by atoms with Crippen molar-refractivity contribution in [3.05, 3.63) is 31.2 Å². The van der Waals surface area contributed by atoms with E-state index >= 15 is 0 Å². The lowest BCUT2D eigenvalue weighted by atomic mass is 10.7. The molecule has 0 aliphatic heterocycles. The van der Waals surface area contributed by atoms with Crippen LogP contribution in [0.15, 0.2) is 0 Å². The maximum absolute atomic E-state index is 10.6. The maximum atomic E-state index is 10.6. The molecule has 0 aliphatic rings. The van der Waals surface area contributed by atoms with Gasteiger partial charge in [-0.1, -0.05) is 0 Å². The molecule has 0 radical (unpaired) electrons. The lowest BCUT2D eigenvalue weighted by molar-refractivity contribution is -0.512. The summed E-state index contributed by atoms with van der Waals surface area (Å²) in [4.78, 5) is 0. The van der Waals surface area contributed by atoms with Crippen LogP contribution in [0.4, 0.5) is 0 Å². The normalized spacial score (nSPS) is 14.3. The van der Waals surface area contributed by atoms with Gasteiger partial charge in [0.15, 0.2) is 6.79 Å². The summed E-state index contributed by atoms with van der Waals surface area (Å²) < 4.78 is 7.52. The fourth-order valence-electron chi connectivity index (χ4n) is 0.958. The molecule has 23 heavy (non-hydrogen) atoms. The number of ether oxygens (including phenoxy) is 2. The first-order valence-electron chi connectivity index (χ1n) is 4.62. The van der Waals surface area contributed by atoms with Crippen LogP contribution in [0, 0.1) is 31.2 Å². The SMILES string of the molecule is [O-]N(O)C(OCOC(N([O-])O)(N([O-])O)N([O-])O)(N([O-])O)N([O-])O. The summed E-state index contributed by atoms with van der Waals surface area (Å²) in [5.41, 5.74) is 0. The minimum atomic E-state index is -4.25. The van der Waals surface area contributed by atoms with Crippen LogP contribution in [0.5, 0.6) is 0 Å². The largest absolute Gasteiger partial charge is 0.758 e. The van der Waals surface area contributed by atoms with Crippen molar-refractivity contribution in [3.63, 3.8) is 0 Å². The van der Waals surface area contributed by atoms with Gasteiger partial charge in [0.05, 0.1) is 0 Å². The topological polar surface area (TPSA) is 298 Å². The lowest BCUT2D eigenvalue weighted by Gasteiger charge is -2.57. The van der Waals surface area contributed by atoms with E-state index in [1.165, 1.54) is 0 Å². The predicted octanol–water partition coefficient (Wildman–Crippen LogP) is -2.67. The Morgan fingerprint density at radius 1 is 0.522 bits per heavy atom. The monoisotopic (exact) mass is 352 g/mol. The number of hydroxylamine groups is 12. The maximum Gasteiger partial charge on any atom is 0.277 e. The van der Waals surface area contributed by atoms with Gasteiger partial charge >= 0.3 is 0 Å². The van der Waals surface area contributed by atoms with Crippen LogP contribution in [0.25, 0.3) is 0 Å². The fraction of sp³-hybridized carbons (Fsp3) is 1.00. The summed E-state index contributed by atoms with van der Waals surface area (Å²) in [6, 6.07) is 0. The van der Waals surface area contributed by atoms with Gasteiger partial charge in [0.2, 0.25) is 0 Å². The zero-order chi connectivity index (χ0) is 18.6.